The fourth-order valence-corrected chi connectivity index (χ4v) is 9.08. The average Bonchev–Trinajstić information content (AvgIpc) is 3.34. The molecule has 1 atom stereocenters. The van der Waals surface area contributed by atoms with Gasteiger partial charge in [-0.2, -0.15) is 0 Å². The maximum atomic E-state index is 12.9. The highest BCUT2D eigenvalue weighted by molar-refractivity contribution is 5.71. The summed E-state index contributed by atoms with van der Waals surface area (Å²) in [4.78, 5) is 38.2. The number of rotatable bonds is 56. The smallest absolute Gasteiger partial charge is 0.306 e. The number of allylic oxidation sites excluding steroid dienone is 4. The van der Waals surface area contributed by atoms with Gasteiger partial charge in [0.1, 0.15) is 13.2 Å². The van der Waals surface area contributed by atoms with Crippen LogP contribution in [0.5, 0.6) is 0 Å². The summed E-state index contributed by atoms with van der Waals surface area (Å²) < 4.78 is 16.9. The Hall–Kier alpha value is -2.11. The number of hydrogen-bond donors (Lipinski definition) is 0. The second-order valence-electron chi connectivity index (χ2n) is 20.6. The Kier molecular flexibility index (Phi) is 55.7. The van der Waals surface area contributed by atoms with Crippen LogP contribution in [0.3, 0.4) is 0 Å². The molecule has 0 aromatic rings. The van der Waals surface area contributed by atoms with Gasteiger partial charge in [0.05, 0.1) is 0 Å². The van der Waals surface area contributed by atoms with Crippen molar-refractivity contribution in [3.63, 3.8) is 0 Å². The van der Waals surface area contributed by atoms with Crippen molar-refractivity contribution in [1.82, 2.24) is 0 Å². The molecule has 0 aromatic heterocycles. The molecular formula is C62H116O6. The van der Waals surface area contributed by atoms with Gasteiger partial charge in [0.2, 0.25) is 0 Å². The van der Waals surface area contributed by atoms with Gasteiger partial charge >= 0.3 is 17.9 Å². The normalized spacial score (nSPS) is 12.1. The molecule has 0 saturated heterocycles. The first kappa shape index (κ1) is 65.9. The minimum Gasteiger partial charge on any atom is -0.462 e. The topological polar surface area (TPSA) is 78.9 Å². The molecule has 0 aliphatic heterocycles. The molecule has 0 aliphatic carbocycles. The van der Waals surface area contributed by atoms with Crippen molar-refractivity contribution in [2.24, 2.45) is 0 Å². The SMILES string of the molecule is CCCCCCCC/C=C\CCCCCCCCCCCC(=O)OC[C@H](COC(=O)CCCCCCCCCCCCCC)OC(=O)CCCCCCCCCCC/C=C\CCCCCCCC. The van der Waals surface area contributed by atoms with E-state index in [0.29, 0.717) is 19.3 Å². The molecule has 0 spiro atoms. The lowest BCUT2D eigenvalue weighted by Gasteiger charge is -2.18. The number of unbranched alkanes of at least 4 members (excludes halogenated alkanes) is 41. The number of carbonyl (C=O) groups excluding carboxylic acids is 3. The molecule has 0 bridgehead atoms. The van der Waals surface area contributed by atoms with Crippen LogP contribution in [0.25, 0.3) is 0 Å². The van der Waals surface area contributed by atoms with E-state index in [1.54, 1.807) is 0 Å². The quantitative estimate of drug-likeness (QED) is 0.0262. The first-order chi connectivity index (χ1) is 33.5. The lowest BCUT2D eigenvalue weighted by molar-refractivity contribution is -0.167. The molecule has 0 rings (SSSR count). The summed E-state index contributed by atoms with van der Waals surface area (Å²) in [7, 11) is 0. The van der Waals surface area contributed by atoms with E-state index in [1.807, 2.05) is 0 Å². The molecule has 0 N–H and O–H groups in total. The molecule has 0 radical (unpaired) electrons. The van der Waals surface area contributed by atoms with Crippen LogP contribution in [-0.4, -0.2) is 37.2 Å². The van der Waals surface area contributed by atoms with Crippen molar-refractivity contribution in [1.29, 1.82) is 0 Å². The van der Waals surface area contributed by atoms with Crippen molar-refractivity contribution in [3.8, 4) is 0 Å². The maximum Gasteiger partial charge on any atom is 0.306 e. The molecule has 6 nitrogen and oxygen atoms in total. The van der Waals surface area contributed by atoms with Gasteiger partial charge in [0.25, 0.3) is 0 Å². The summed E-state index contributed by atoms with van der Waals surface area (Å²) in [5.41, 5.74) is 0. The van der Waals surface area contributed by atoms with Gasteiger partial charge in [-0.15, -0.1) is 0 Å². The predicted molar refractivity (Wildman–Crippen MR) is 293 cm³/mol. The van der Waals surface area contributed by atoms with Crippen LogP contribution >= 0.6 is 0 Å². The summed E-state index contributed by atoms with van der Waals surface area (Å²) >= 11 is 0. The van der Waals surface area contributed by atoms with Crippen molar-refractivity contribution < 1.29 is 28.6 Å². The zero-order valence-electron chi connectivity index (χ0n) is 45.9. The minimum absolute atomic E-state index is 0.0679. The molecule has 0 heterocycles. The molecule has 68 heavy (non-hydrogen) atoms. The minimum atomic E-state index is -0.769. The summed E-state index contributed by atoms with van der Waals surface area (Å²) in [5, 5.41) is 0. The van der Waals surface area contributed by atoms with Crippen LogP contribution in [0.2, 0.25) is 0 Å². The van der Waals surface area contributed by atoms with Crippen molar-refractivity contribution in [2.75, 3.05) is 13.2 Å². The molecule has 0 unspecified atom stereocenters. The Bertz CT molecular complexity index is 1100. The summed E-state index contributed by atoms with van der Waals surface area (Å²) in [6.45, 7) is 6.68. The van der Waals surface area contributed by atoms with Gasteiger partial charge in [-0.25, -0.2) is 0 Å². The zero-order valence-corrected chi connectivity index (χ0v) is 45.9. The monoisotopic (exact) mass is 957 g/mol. The van der Waals surface area contributed by atoms with Crippen LogP contribution in [0, 0.1) is 0 Å². The number of hydrogen-bond acceptors (Lipinski definition) is 6. The third kappa shape index (κ3) is 54.8. The van der Waals surface area contributed by atoms with Crippen LogP contribution < -0.4 is 0 Å². The highest BCUT2D eigenvalue weighted by atomic mass is 16.6. The van der Waals surface area contributed by atoms with Gasteiger partial charge in [-0.05, 0) is 70.6 Å². The Morgan fingerprint density at radius 3 is 0.735 bits per heavy atom. The van der Waals surface area contributed by atoms with E-state index in [2.05, 4.69) is 45.1 Å². The third-order valence-electron chi connectivity index (χ3n) is 13.7. The molecule has 6 heteroatoms. The highest BCUT2D eigenvalue weighted by Crippen LogP contribution is 2.17. The second-order valence-corrected chi connectivity index (χ2v) is 20.6. The fourth-order valence-electron chi connectivity index (χ4n) is 9.08. The standard InChI is InChI=1S/C62H116O6/c1-4-7-10-13-16-19-22-25-27-29-31-33-35-37-40-43-46-49-52-55-61(64)67-58-59(57-66-60(63)54-51-48-45-42-39-24-21-18-15-12-9-6-3)68-62(65)56-53-50-47-44-41-38-36-34-32-30-28-26-23-20-17-14-11-8-5-2/h25-28,59H,4-24,29-58H2,1-3H3/b27-25-,28-26-/t59-/m0/s1. The number of esters is 3. The first-order valence-corrected chi connectivity index (χ1v) is 30.3. The molecule has 0 fully saturated rings. The van der Waals surface area contributed by atoms with E-state index in [4.69, 9.17) is 14.2 Å². The van der Waals surface area contributed by atoms with Gasteiger partial charge < -0.3 is 14.2 Å². The summed E-state index contributed by atoms with van der Waals surface area (Å²) in [6, 6.07) is 0. The van der Waals surface area contributed by atoms with E-state index in [1.165, 1.54) is 238 Å². The van der Waals surface area contributed by atoms with E-state index < -0.39 is 6.10 Å². The Balaban J connectivity index is 4.29. The van der Waals surface area contributed by atoms with Gasteiger partial charge in [0, 0.05) is 19.3 Å². The molecular weight excluding hydrogens is 841 g/mol. The fraction of sp³-hybridized carbons (Fsp3) is 0.887. The van der Waals surface area contributed by atoms with E-state index in [9.17, 15) is 14.4 Å². The third-order valence-corrected chi connectivity index (χ3v) is 13.7. The van der Waals surface area contributed by atoms with Gasteiger partial charge in [0.15, 0.2) is 6.10 Å². The highest BCUT2D eigenvalue weighted by Gasteiger charge is 2.19. The van der Waals surface area contributed by atoms with Gasteiger partial charge in [-0.1, -0.05) is 270 Å². The number of ether oxygens (including phenoxy) is 3. The average molecular weight is 958 g/mol. The van der Waals surface area contributed by atoms with Crippen LogP contribution in [0.1, 0.15) is 335 Å². The molecule has 400 valence electrons. The molecule has 0 aliphatic rings. The van der Waals surface area contributed by atoms with Crippen molar-refractivity contribution in [2.45, 2.75) is 341 Å². The van der Waals surface area contributed by atoms with E-state index in [0.717, 1.165) is 57.8 Å². The Morgan fingerprint density at radius 2 is 0.485 bits per heavy atom. The molecule has 0 saturated carbocycles. The first-order valence-electron chi connectivity index (χ1n) is 30.3. The lowest BCUT2D eigenvalue weighted by atomic mass is 10.0. The largest absolute Gasteiger partial charge is 0.462 e. The maximum absolute atomic E-state index is 12.9. The van der Waals surface area contributed by atoms with Crippen LogP contribution in [-0.2, 0) is 28.6 Å². The van der Waals surface area contributed by atoms with Gasteiger partial charge in [-0.3, -0.25) is 14.4 Å². The number of carbonyl (C=O) groups is 3. The van der Waals surface area contributed by atoms with Crippen molar-refractivity contribution >= 4 is 17.9 Å². The van der Waals surface area contributed by atoms with Crippen LogP contribution in [0.15, 0.2) is 24.3 Å². The predicted octanol–water partition coefficient (Wildman–Crippen LogP) is 20.3. The summed E-state index contributed by atoms with van der Waals surface area (Å²) in [5.74, 6) is -0.850. The second kappa shape index (κ2) is 57.5. The molecule has 0 aromatic carbocycles. The zero-order chi connectivity index (χ0) is 49.3. The molecule has 0 amide bonds. The Morgan fingerprint density at radius 1 is 0.279 bits per heavy atom. The van der Waals surface area contributed by atoms with Crippen molar-refractivity contribution in [3.05, 3.63) is 24.3 Å². The summed E-state index contributed by atoms with van der Waals surface area (Å²) in [6.07, 6.45) is 67.4. The lowest BCUT2D eigenvalue weighted by Crippen LogP contribution is -2.30. The Labute approximate surface area is 423 Å². The van der Waals surface area contributed by atoms with Crippen LogP contribution in [0.4, 0.5) is 0 Å². The van der Waals surface area contributed by atoms with E-state index in [-0.39, 0.29) is 31.1 Å². The van der Waals surface area contributed by atoms with E-state index >= 15 is 0 Å².